The lowest BCUT2D eigenvalue weighted by atomic mass is 9.95. The minimum atomic E-state index is -0.741. The van der Waals surface area contributed by atoms with Gasteiger partial charge in [0.25, 0.3) is 5.89 Å². The van der Waals surface area contributed by atoms with Gasteiger partial charge in [-0.2, -0.15) is 9.97 Å². The molecule has 2 aromatic heterocycles. The Morgan fingerprint density at radius 3 is 2.56 bits per heavy atom. The molecule has 6 rings (SSSR count). The normalized spacial score (nSPS) is 17.3. The van der Waals surface area contributed by atoms with E-state index >= 15 is 0 Å². The molecule has 11 heteroatoms. The fraction of sp³-hybridized carbons (Fsp3) is 0.321. The van der Waals surface area contributed by atoms with Gasteiger partial charge in [0.15, 0.2) is 5.82 Å². The van der Waals surface area contributed by atoms with E-state index in [1.807, 2.05) is 50.2 Å². The van der Waals surface area contributed by atoms with E-state index in [2.05, 4.69) is 30.7 Å². The number of rotatable bonds is 9. The first-order valence-corrected chi connectivity index (χ1v) is 12.7. The summed E-state index contributed by atoms with van der Waals surface area (Å²) in [6, 6.07) is 14.4. The van der Waals surface area contributed by atoms with Crippen molar-refractivity contribution in [2.24, 2.45) is 0 Å². The molecule has 3 heterocycles. The molecule has 1 fully saturated rings. The first-order chi connectivity index (χ1) is 18.8. The first kappa shape index (κ1) is 25.0. The van der Waals surface area contributed by atoms with Crippen LogP contribution in [-0.2, 0) is 15.8 Å². The number of benzene rings is 2. The quantitative estimate of drug-likeness (QED) is 0.234. The van der Waals surface area contributed by atoms with Crippen LogP contribution in [0.2, 0.25) is 0 Å². The zero-order valence-electron chi connectivity index (χ0n) is 21.5. The van der Waals surface area contributed by atoms with Crippen molar-refractivity contribution < 1.29 is 24.3 Å². The van der Waals surface area contributed by atoms with Gasteiger partial charge < -0.3 is 30.1 Å². The van der Waals surface area contributed by atoms with Crippen LogP contribution in [0.4, 0.5) is 17.5 Å². The van der Waals surface area contributed by atoms with Crippen molar-refractivity contribution in [1.82, 2.24) is 20.1 Å². The van der Waals surface area contributed by atoms with E-state index in [4.69, 9.17) is 9.26 Å². The summed E-state index contributed by atoms with van der Waals surface area (Å²) in [7, 11) is 0. The van der Waals surface area contributed by atoms with E-state index in [-0.39, 0.29) is 31.0 Å². The minimum absolute atomic E-state index is 0.0503. The predicted octanol–water partition coefficient (Wildman–Crippen LogP) is 3.85. The second kappa shape index (κ2) is 9.44. The number of aliphatic hydroxyl groups is 2. The number of ether oxygens (including phenoxy) is 1. The zero-order valence-corrected chi connectivity index (χ0v) is 21.5. The Balaban J connectivity index is 1.35. The summed E-state index contributed by atoms with van der Waals surface area (Å²) in [5.74, 6) is 0.964. The molecule has 0 radical (unpaired) electrons. The highest BCUT2D eigenvalue weighted by Crippen LogP contribution is 2.47. The molecule has 4 aromatic rings. The molecule has 1 aliphatic carbocycles. The molecule has 1 saturated carbocycles. The molecule has 0 bridgehead atoms. The third-order valence-corrected chi connectivity index (χ3v) is 7.26. The van der Waals surface area contributed by atoms with Gasteiger partial charge in [0.05, 0.1) is 30.2 Å². The summed E-state index contributed by atoms with van der Waals surface area (Å²) >= 11 is 0. The fourth-order valence-electron chi connectivity index (χ4n) is 4.71. The van der Waals surface area contributed by atoms with Crippen molar-refractivity contribution in [3.63, 3.8) is 0 Å². The number of nitrogens with one attached hydrogen (secondary N) is 2. The van der Waals surface area contributed by atoms with Crippen molar-refractivity contribution in [2.75, 3.05) is 23.8 Å². The van der Waals surface area contributed by atoms with E-state index in [9.17, 15) is 15.0 Å². The van der Waals surface area contributed by atoms with Gasteiger partial charge in [0.2, 0.25) is 5.95 Å². The maximum atomic E-state index is 12.2. The molecular weight excluding hydrogens is 500 g/mol. The summed E-state index contributed by atoms with van der Waals surface area (Å²) in [4.78, 5) is 25.9. The molecular formula is C28H28N6O5. The lowest BCUT2D eigenvalue weighted by molar-refractivity contribution is 0.00954. The lowest BCUT2D eigenvalue weighted by Crippen LogP contribution is -2.17. The molecule has 0 amide bonds. The number of anilines is 3. The van der Waals surface area contributed by atoms with Gasteiger partial charge in [-0.15, -0.1) is 0 Å². The number of aliphatic hydroxyl groups excluding tert-OH is 2. The van der Waals surface area contributed by atoms with Crippen LogP contribution in [-0.4, -0.2) is 49.5 Å². The average molecular weight is 529 g/mol. The topological polar surface area (TPSA) is 156 Å². The van der Waals surface area contributed by atoms with Crippen LogP contribution in [0.15, 0.2) is 59.3 Å². The summed E-state index contributed by atoms with van der Waals surface area (Å²) in [5, 5.41) is 30.6. The summed E-state index contributed by atoms with van der Waals surface area (Å²) < 4.78 is 11.0. The molecule has 200 valence electrons. The van der Waals surface area contributed by atoms with E-state index < -0.39 is 17.1 Å². The summed E-state index contributed by atoms with van der Waals surface area (Å²) in [5.41, 5.74) is 2.11. The molecule has 11 nitrogen and oxygen atoms in total. The Labute approximate surface area is 224 Å². The summed E-state index contributed by atoms with van der Waals surface area (Å²) in [6.45, 7) is 3.44. The Morgan fingerprint density at radius 1 is 1.05 bits per heavy atom. The van der Waals surface area contributed by atoms with Crippen molar-refractivity contribution >= 4 is 23.4 Å². The van der Waals surface area contributed by atoms with Crippen molar-refractivity contribution in [1.29, 1.82) is 0 Å². The van der Waals surface area contributed by atoms with Gasteiger partial charge in [0, 0.05) is 17.4 Å². The minimum Gasteiger partial charge on any atom is -0.451 e. The molecule has 39 heavy (non-hydrogen) atoms. The van der Waals surface area contributed by atoms with Crippen LogP contribution in [0, 0.1) is 0 Å². The van der Waals surface area contributed by atoms with Crippen LogP contribution in [0.3, 0.4) is 0 Å². The Hall–Kier alpha value is -4.35. The van der Waals surface area contributed by atoms with Crippen LogP contribution < -0.4 is 10.6 Å². The largest absolute Gasteiger partial charge is 0.451 e. The number of cyclic esters (lactones) is 1. The van der Waals surface area contributed by atoms with Gasteiger partial charge >= 0.3 is 5.97 Å². The van der Waals surface area contributed by atoms with Crippen molar-refractivity contribution in [3.05, 3.63) is 77.2 Å². The van der Waals surface area contributed by atoms with E-state index in [1.54, 1.807) is 18.3 Å². The average Bonchev–Trinajstić information content (AvgIpc) is 3.52. The predicted molar refractivity (Wildman–Crippen MR) is 141 cm³/mol. The third-order valence-electron chi connectivity index (χ3n) is 7.26. The first-order valence-electron chi connectivity index (χ1n) is 12.7. The van der Waals surface area contributed by atoms with Crippen molar-refractivity contribution in [2.45, 2.75) is 43.7 Å². The van der Waals surface area contributed by atoms with Crippen LogP contribution in [0.25, 0.3) is 11.5 Å². The Kier molecular flexibility index (Phi) is 6.04. The summed E-state index contributed by atoms with van der Waals surface area (Å²) in [6.07, 6.45) is 3.15. The lowest BCUT2D eigenvalue weighted by Gasteiger charge is -2.20. The number of hydrogen-bond donors (Lipinski definition) is 4. The number of carbonyl (C=O) groups excluding carboxylic acids is 1. The van der Waals surface area contributed by atoms with Gasteiger partial charge in [-0.3, -0.25) is 0 Å². The number of hydrogen-bond acceptors (Lipinski definition) is 11. The maximum absolute atomic E-state index is 12.2. The van der Waals surface area contributed by atoms with E-state index in [0.717, 1.165) is 24.0 Å². The number of carbonyl (C=O) groups is 1. The molecule has 4 N–H and O–H groups in total. The molecule has 1 atom stereocenters. The van der Waals surface area contributed by atoms with Gasteiger partial charge in [-0.05, 0) is 50.5 Å². The van der Waals surface area contributed by atoms with E-state index in [0.29, 0.717) is 28.5 Å². The number of fused-ring (bicyclic) bond motifs is 1. The second-order valence-electron chi connectivity index (χ2n) is 10.4. The Morgan fingerprint density at radius 2 is 1.85 bits per heavy atom. The zero-order chi connectivity index (χ0) is 27.2. The number of nitrogens with zero attached hydrogens (tertiary/aromatic N) is 4. The molecule has 0 unspecified atom stereocenters. The second-order valence-corrected chi connectivity index (χ2v) is 10.4. The highest BCUT2D eigenvalue weighted by Gasteiger charge is 2.48. The smallest absolute Gasteiger partial charge is 0.339 e. The van der Waals surface area contributed by atoms with Gasteiger partial charge in [-0.1, -0.05) is 35.5 Å². The number of esters is 1. The molecule has 2 aliphatic rings. The molecule has 2 aromatic carbocycles. The molecule has 0 saturated heterocycles. The highest BCUT2D eigenvalue weighted by atomic mass is 16.6. The standard InChI is InChI=1S/C28H28N6O5/c1-27(2)20-12-17(8-9-18(20)24(37)38-27)30-26-29-13-19(23-33-25(34-39-23)28(15-36)10-11-28)22(32-26)31-21(14-35)16-6-4-3-5-7-16/h3-9,12-13,21,35-36H,10-11,14-15H2,1-2H3,(H2,29,30,31,32)/t21-/m1/s1. The van der Waals surface area contributed by atoms with Gasteiger partial charge in [0.1, 0.15) is 17.0 Å². The van der Waals surface area contributed by atoms with Crippen LogP contribution in [0.5, 0.6) is 0 Å². The third kappa shape index (κ3) is 4.59. The van der Waals surface area contributed by atoms with Crippen molar-refractivity contribution in [3.8, 4) is 11.5 Å². The SMILES string of the molecule is CC1(C)OC(=O)c2ccc(Nc3ncc(-c4nc(C5(CO)CC5)no4)c(N[C@H](CO)c4ccccc4)n3)cc21. The van der Waals surface area contributed by atoms with Crippen LogP contribution >= 0.6 is 0 Å². The number of aromatic nitrogens is 4. The van der Waals surface area contributed by atoms with E-state index in [1.165, 1.54) is 0 Å². The highest BCUT2D eigenvalue weighted by molar-refractivity contribution is 5.95. The fourth-order valence-corrected chi connectivity index (χ4v) is 4.71. The molecule has 0 spiro atoms. The maximum Gasteiger partial charge on any atom is 0.339 e. The van der Waals surface area contributed by atoms with Crippen LogP contribution in [0.1, 0.15) is 60.0 Å². The Bertz CT molecular complexity index is 1530. The van der Waals surface area contributed by atoms with Gasteiger partial charge in [-0.25, -0.2) is 9.78 Å². The monoisotopic (exact) mass is 528 g/mol. The molecule has 1 aliphatic heterocycles.